The lowest BCUT2D eigenvalue weighted by molar-refractivity contribution is -0.142. The predicted octanol–water partition coefficient (Wildman–Crippen LogP) is 1.78. The molecule has 1 aromatic heterocycles. The van der Waals surface area contributed by atoms with E-state index in [-0.39, 0.29) is 23.9 Å². The molecule has 0 saturated carbocycles. The number of amides is 2. The molecule has 2 bridgehead atoms. The van der Waals surface area contributed by atoms with Crippen LogP contribution in [0.25, 0.3) is 0 Å². The number of carbonyl (C=O) groups excluding carboxylic acids is 2. The molecule has 1 aromatic rings. The maximum Gasteiger partial charge on any atom is 0.308 e. The lowest BCUT2D eigenvalue weighted by Crippen LogP contribution is -2.37. The van der Waals surface area contributed by atoms with Gasteiger partial charge in [-0.3, -0.25) is 14.4 Å². The van der Waals surface area contributed by atoms with Gasteiger partial charge in [-0.25, -0.2) is 0 Å². The Balaban J connectivity index is 1.78. The van der Waals surface area contributed by atoms with E-state index in [1.54, 1.807) is 17.0 Å². The number of carboxylic acids is 1. The fraction of sp³-hybridized carbons (Fsp3) is 0.500. The molecule has 3 heterocycles. The van der Waals surface area contributed by atoms with E-state index in [9.17, 15) is 19.5 Å². The molecule has 0 spiro atoms. The van der Waals surface area contributed by atoms with E-state index < -0.39 is 11.9 Å². The van der Waals surface area contributed by atoms with E-state index in [1.807, 2.05) is 0 Å². The Morgan fingerprint density at radius 2 is 2.10 bits per heavy atom. The first kappa shape index (κ1) is 14.1. The van der Waals surface area contributed by atoms with E-state index in [1.165, 1.54) is 18.3 Å². The van der Waals surface area contributed by atoms with Gasteiger partial charge in [-0.05, 0) is 31.4 Å². The average molecular weight is 308 g/mol. The molecule has 112 valence electrons. The zero-order valence-corrected chi connectivity index (χ0v) is 12.4. The monoisotopic (exact) mass is 308 g/mol. The maximum absolute atomic E-state index is 12.6. The highest BCUT2D eigenvalue weighted by Crippen LogP contribution is 2.43. The first-order valence-corrected chi connectivity index (χ1v) is 7.72. The van der Waals surface area contributed by atoms with Gasteiger partial charge in [0.25, 0.3) is 5.91 Å². The molecule has 0 radical (unpaired) electrons. The number of nitrogens with zero attached hydrogens (tertiary/aromatic N) is 1. The molecule has 0 aliphatic carbocycles. The largest absolute Gasteiger partial charge is 0.481 e. The molecular weight excluding hydrogens is 292 g/mol. The third-order valence-electron chi connectivity index (χ3n) is 4.20. The Morgan fingerprint density at radius 3 is 2.71 bits per heavy atom. The number of carbonyl (C=O) groups is 3. The summed E-state index contributed by atoms with van der Waals surface area (Å²) in [6.45, 7) is 1.42. The number of rotatable bonds is 3. The van der Waals surface area contributed by atoms with Gasteiger partial charge >= 0.3 is 5.97 Å². The van der Waals surface area contributed by atoms with Crippen LogP contribution in [0.3, 0.4) is 0 Å². The summed E-state index contributed by atoms with van der Waals surface area (Å²) in [5.74, 6) is -1.55. The Labute approximate surface area is 125 Å². The third kappa shape index (κ3) is 2.42. The van der Waals surface area contributed by atoms with Crippen LogP contribution < -0.4 is 5.32 Å². The number of anilines is 1. The van der Waals surface area contributed by atoms with Crippen molar-refractivity contribution in [3.8, 4) is 0 Å². The second kappa shape index (κ2) is 5.14. The highest BCUT2D eigenvalue weighted by Gasteiger charge is 2.51. The fourth-order valence-corrected chi connectivity index (χ4v) is 4.29. The van der Waals surface area contributed by atoms with Gasteiger partial charge in [0, 0.05) is 19.0 Å². The molecular formula is C14H16N2O4S. The summed E-state index contributed by atoms with van der Waals surface area (Å²) in [4.78, 5) is 37.1. The highest BCUT2D eigenvalue weighted by molar-refractivity contribution is 7.18. The van der Waals surface area contributed by atoms with Crippen LogP contribution in [0.5, 0.6) is 0 Å². The van der Waals surface area contributed by atoms with Crippen molar-refractivity contribution in [2.75, 3.05) is 5.32 Å². The number of aliphatic carboxylic acids is 1. The van der Waals surface area contributed by atoms with Crippen molar-refractivity contribution < 1.29 is 19.5 Å². The van der Waals surface area contributed by atoms with Crippen molar-refractivity contribution in [3.05, 3.63) is 17.0 Å². The van der Waals surface area contributed by atoms with Gasteiger partial charge in [0.2, 0.25) is 5.91 Å². The molecule has 7 heteroatoms. The standard InChI is InChI=1S/C14H16N2O4S/c1-7(17)15-12-5-4-11(21-12)13(18)16-8-2-3-10(16)9(6-8)14(19)20/h4-5,8-10H,2-3,6H2,1H3,(H,15,17)(H,19,20). The van der Waals surface area contributed by atoms with Crippen LogP contribution in [-0.4, -0.2) is 39.9 Å². The molecule has 3 unspecified atom stereocenters. The lowest BCUT2D eigenvalue weighted by Gasteiger charge is -2.22. The van der Waals surface area contributed by atoms with Gasteiger partial charge in [0.05, 0.1) is 15.8 Å². The van der Waals surface area contributed by atoms with Crippen LogP contribution in [0.2, 0.25) is 0 Å². The minimum Gasteiger partial charge on any atom is -0.481 e. The van der Waals surface area contributed by atoms with Gasteiger partial charge in [-0.1, -0.05) is 0 Å². The Morgan fingerprint density at radius 1 is 1.33 bits per heavy atom. The first-order valence-electron chi connectivity index (χ1n) is 6.90. The van der Waals surface area contributed by atoms with Gasteiger partial charge in [-0.2, -0.15) is 0 Å². The third-order valence-corrected chi connectivity index (χ3v) is 5.19. The Bertz CT molecular complexity index is 612. The molecule has 0 aromatic carbocycles. The summed E-state index contributed by atoms with van der Waals surface area (Å²) in [6.07, 6.45) is 2.19. The topological polar surface area (TPSA) is 86.7 Å². The summed E-state index contributed by atoms with van der Waals surface area (Å²) in [5.41, 5.74) is 0. The second-order valence-electron chi connectivity index (χ2n) is 5.54. The van der Waals surface area contributed by atoms with E-state index in [0.29, 0.717) is 16.3 Å². The molecule has 3 atom stereocenters. The number of carboxylic acid groups (broad SMARTS) is 1. The number of fused-ring (bicyclic) bond motifs is 2. The minimum atomic E-state index is -0.815. The second-order valence-corrected chi connectivity index (χ2v) is 6.62. The van der Waals surface area contributed by atoms with Crippen molar-refractivity contribution >= 4 is 34.1 Å². The summed E-state index contributed by atoms with van der Waals surface area (Å²) in [7, 11) is 0. The normalized spacial score (nSPS) is 26.9. The molecule has 2 N–H and O–H groups in total. The van der Waals surface area contributed by atoms with Gasteiger partial charge < -0.3 is 15.3 Å². The molecule has 21 heavy (non-hydrogen) atoms. The van der Waals surface area contributed by atoms with Crippen LogP contribution >= 0.6 is 11.3 Å². The number of hydrogen-bond donors (Lipinski definition) is 2. The van der Waals surface area contributed by atoms with Crippen molar-refractivity contribution in [2.24, 2.45) is 5.92 Å². The summed E-state index contributed by atoms with van der Waals surface area (Å²) in [5, 5.41) is 12.5. The lowest BCUT2D eigenvalue weighted by atomic mass is 9.89. The fourth-order valence-electron chi connectivity index (χ4n) is 3.39. The Kier molecular flexibility index (Phi) is 3.44. The first-order chi connectivity index (χ1) is 9.97. The number of thiophene rings is 1. The van der Waals surface area contributed by atoms with E-state index in [2.05, 4.69) is 5.32 Å². The van der Waals surface area contributed by atoms with E-state index in [4.69, 9.17) is 0 Å². The quantitative estimate of drug-likeness (QED) is 0.891. The minimum absolute atomic E-state index is 0.0370. The van der Waals surface area contributed by atoms with Crippen molar-refractivity contribution in [2.45, 2.75) is 38.3 Å². The average Bonchev–Trinajstić information content (AvgIpc) is 3.10. The molecule has 2 aliphatic heterocycles. The Hall–Kier alpha value is -1.89. The SMILES string of the molecule is CC(=O)Nc1ccc(C(=O)N2C3CCC2C(C(=O)O)C3)s1. The predicted molar refractivity (Wildman–Crippen MR) is 77.3 cm³/mol. The van der Waals surface area contributed by atoms with Gasteiger partial charge in [0.1, 0.15) is 0 Å². The van der Waals surface area contributed by atoms with Crippen LogP contribution in [0, 0.1) is 5.92 Å². The maximum atomic E-state index is 12.6. The van der Waals surface area contributed by atoms with E-state index in [0.717, 1.165) is 12.8 Å². The molecule has 2 aliphatic rings. The number of hydrogen-bond acceptors (Lipinski definition) is 4. The number of nitrogens with one attached hydrogen (secondary N) is 1. The zero-order chi connectivity index (χ0) is 15.1. The van der Waals surface area contributed by atoms with Crippen LogP contribution in [-0.2, 0) is 9.59 Å². The van der Waals surface area contributed by atoms with Crippen molar-refractivity contribution in [1.29, 1.82) is 0 Å². The van der Waals surface area contributed by atoms with E-state index >= 15 is 0 Å². The molecule has 3 rings (SSSR count). The molecule has 2 amide bonds. The smallest absolute Gasteiger partial charge is 0.308 e. The van der Waals surface area contributed by atoms with Crippen molar-refractivity contribution in [3.63, 3.8) is 0 Å². The zero-order valence-electron chi connectivity index (χ0n) is 11.5. The molecule has 6 nitrogen and oxygen atoms in total. The van der Waals surface area contributed by atoms with Gasteiger partial charge in [0.15, 0.2) is 0 Å². The van der Waals surface area contributed by atoms with Crippen LogP contribution in [0.1, 0.15) is 35.9 Å². The molecule has 2 fully saturated rings. The summed E-state index contributed by atoms with van der Waals surface area (Å²) in [6, 6.07) is 3.24. The summed E-state index contributed by atoms with van der Waals surface area (Å²) >= 11 is 1.23. The van der Waals surface area contributed by atoms with Crippen LogP contribution in [0.15, 0.2) is 12.1 Å². The highest BCUT2D eigenvalue weighted by atomic mass is 32.1. The molecule has 2 saturated heterocycles. The van der Waals surface area contributed by atoms with Crippen molar-refractivity contribution in [1.82, 2.24) is 4.90 Å². The van der Waals surface area contributed by atoms with Gasteiger partial charge in [-0.15, -0.1) is 11.3 Å². The summed E-state index contributed by atoms with van der Waals surface area (Å²) < 4.78 is 0. The van der Waals surface area contributed by atoms with Crippen LogP contribution in [0.4, 0.5) is 5.00 Å².